The predicted molar refractivity (Wildman–Crippen MR) is 90.4 cm³/mol. The van der Waals surface area contributed by atoms with E-state index in [1.807, 2.05) is 0 Å². The molecule has 0 saturated heterocycles. The van der Waals surface area contributed by atoms with Crippen LogP contribution in [0, 0.1) is 5.92 Å². The van der Waals surface area contributed by atoms with Crippen molar-refractivity contribution in [3.05, 3.63) is 45.1 Å². The van der Waals surface area contributed by atoms with Crippen LogP contribution < -0.4 is 16.6 Å². The number of aryl methyl sites for hydroxylation is 1. The van der Waals surface area contributed by atoms with E-state index in [0.29, 0.717) is 23.2 Å². The maximum atomic E-state index is 12.1. The van der Waals surface area contributed by atoms with Crippen LogP contribution >= 0.6 is 0 Å². The zero-order valence-electron chi connectivity index (χ0n) is 13.5. The Morgan fingerprint density at radius 2 is 2.00 bits per heavy atom. The lowest BCUT2D eigenvalue weighted by Gasteiger charge is -2.15. The molecule has 0 aliphatic heterocycles. The first-order valence-corrected chi connectivity index (χ1v) is 8.19. The van der Waals surface area contributed by atoms with Gasteiger partial charge in [0, 0.05) is 13.0 Å². The average Bonchev–Trinajstić information content (AvgIpc) is 3.38. The summed E-state index contributed by atoms with van der Waals surface area (Å²) in [5.41, 5.74) is -0.627. The molecule has 2 aromatic rings. The summed E-state index contributed by atoms with van der Waals surface area (Å²) in [5.74, 6) is -1.12. The average molecular weight is 345 g/mol. The van der Waals surface area contributed by atoms with E-state index in [-0.39, 0.29) is 13.0 Å². The van der Waals surface area contributed by atoms with Crippen molar-refractivity contribution in [3.63, 3.8) is 0 Å². The second-order valence-corrected chi connectivity index (χ2v) is 6.32. The SMILES string of the molecule is O=C(CCn1c(=O)[nH]c(=O)c2ccccc21)NC(CC1CC1)C(=O)O. The number of aliphatic carboxylic acids is 1. The number of hydrogen-bond donors (Lipinski definition) is 3. The van der Waals surface area contributed by atoms with Crippen LogP contribution in [-0.4, -0.2) is 32.6 Å². The summed E-state index contributed by atoms with van der Waals surface area (Å²) in [7, 11) is 0. The van der Waals surface area contributed by atoms with Gasteiger partial charge in [0.2, 0.25) is 5.91 Å². The minimum atomic E-state index is -1.05. The molecule has 1 aliphatic carbocycles. The number of carboxylic acids is 1. The Bertz CT molecular complexity index is 926. The summed E-state index contributed by atoms with van der Waals surface area (Å²) in [5, 5.41) is 12.1. The molecule has 0 radical (unpaired) electrons. The molecule has 3 N–H and O–H groups in total. The number of para-hydroxylation sites is 1. The quantitative estimate of drug-likeness (QED) is 0.673. The molecule has 1 unspecified atom stereocenters. The first-order chi connectivity index (χ1) is 12.0. The standard InChI is InChI=1S/C17H19N3O5/c21-14(18-12(16(23)24)9-10-5-6-10)7-8-20-13-4-2-1-3-11(13)15(22)19-17(20)25/h1-4,10,12H,5-9H2,(H,18,21)(H,23,24)(H,19,22,25). The molecule has 1 atom stereocenters. The van der Waals surface area contributed by atoms with Gasteiger partial charge in [-0.25, -0.2) is 9.59 Å². The lowest BCUT2D eigenvalue weighted by atomic mass is 10.1. The molecule has 8 nitrogen and oxygen atoms in total. The van der Waals surface area contributed by atoms with Gasteiger partial charge in [0.15, 0.2) is 0 Å². The minimum Gasteiger partial charge on any atom is -0.480 e. The molecule has 1 aromatic heterocycles. The number of amides is 1. The van der Waals surface area contributed by atoms with Crippen molar-refractivity contribution in [1.29, 1.82) is 0 Å². The lowest BCUT2D eigenvalue weighted by molar-refractivity contribution is -0.142. The van der Waals surface area contributed by atoms with Crippen molar-refractivity contribution in [2.75, 3.05) is 0 Å². The zero-order valence-corrected chi connectivity index (χ0v) is 13.5. The number of rotatable bonds is 7. The van der Waals surface area contributed by atoms with Crippen LogP contribution in [0.3, 0.4) is 0 Å². The van der Waals surface area contributed by atoms with E-state index in [2.05, 4.69) is 10.3 Å². The third kappa shape index (κ3) is 3.96. The minimum absolute atomic E-state index is 0.0512. The number of fused-ring (bicyclic) bond motifs is 1. The summed E-state index contributed by atoms with van der Waals surface area (Å²) in [6.45, 7) is 0.0533. The van der Waals surface area contributed by atoms with E-state index in [1.165, 1.54) is 4.57 Å². The van der Waals surface area contributed by atoms with Crippen LogP contribution in [-0.2, 0) is 16.1 Å². The molecule has 0 spiro atoms. The molecule has 25 heavy (non-hydrogen) atoms. The summed E-state index contributed by atoms with van der Waals surface area (Å²) >= 11 is 0. The number of carbonyl (C=O) groups is 2. The molecule has 132 valence electrons. The molecule has 1 fully saturated rings. The van der Waals surface area contributed by atoms with Crippen LogP contribution in [0.1, 0.15) is 25.7 Å². The Hall–Kier alpha value is -2.90. The number of aromatic amines is 1. The maximum absolute atomic E-state index is 12.1. The topological polar surface area (TPSA) is 121 Å². The summed E-state index contributed by atoms with van der Waals surface area (Å²) in [6.07, 6.45) is 2.38. The molecule has 1 aliphatic rings. The van der Waals surface area contributed by atoms with Crippen LogP contribution in [0.4, 0.5) is 0 Å². The fourth-order valence-electron chi connectivity index (χ4n) is 2.85. The van der Waals surface area contributed by atoms with Crippen LogP contribution in [0.15, 0.2) is 33.9 Å². The molecule has 1 amide bonds. The first-order valence-electron chi connectivity index (χ1n) is 8.19. The number of hydrogen-bond acceptors (Lipinski definition) is 4. The van der Waals surface area contributed by atoms with Gasteiger partial charge < -0.3 is 10.4 Å². The van der Waals surface area contributed by atoms with Gasteiger partial charge in [-0.15, -0.1) is 0 Å². The lowest BCUT2D eigenvalue weighted by Crippen LogP contribution is -2.41. The number of H-pyrrole nitrogens is 1. The first kappa shape index (κ1) is 16.9. The van der Waals surface area contributed by atoms with Crippen molar-refractivity contribution in [2.24, 2.45) is 5.92 Å². The molecule has 3 rings (SSSR count). The van der Waals surface area contributed by atoms with Gasteiger partial charge in [0.05, 0.1) is 10.9 Å². The van der Waals surface area contributed by atoms with Gasteiger partial charge in [0.1, 0.15) is 6.04 Å². The second-order valence-electron chi connectivity index (χ2n) is 6.32. The van der Waals surface area contributed by atoms with Gasteiger partial charge in [-0.1, -0.05) is 25.0 Å². The van der Waals surface area contributed by atoms with Gasteiger partial charge in [-0.05, 0) is 24.5 Å². The van der Waals surface area contributed by atoms with Crippen molar-refractivity contribution < 1.29 is 14.7 Å². The Morgan fingerprint density at radius 1 is 1.28 bits per heavy atom. The van der Waals surface area contributed by atoms with Crippen LogP contribution in [0.2, 0.25) is 0 Å². The molecule has 1 saturated carbocycles. The second kappa shape index (κ2) is 6.92. The van der Waals surface area contributed by atoms with Crippen LogP contribution in [0.5, 0.6) is 0 Å². The van der Waals surface area contributed by atoms with Crippen LogP contribution in [0.25, 0.3) is 10.9 Å². The Morgan fingerprint density at radius 3 is 2.68 bits per heavy atom. The van der Waals surface area contributed by atoms with Crippen molar-refractivity contribution in [1.82, 2.24) is 14.9 Å². The predicted octanol–water partition coefficient (Wildman–Crippen LogP) is 0.449. The van der Waals surface area contributed by atoms with E-state index in [1.54, 1.807) is 24.3 Å². The fourth-order valence-corrected chi connectivity index (χ4v) is 2.85. The fraction of sp³-hybridized carbons (Fsp3) is 0.412. The van der Waals surface area contributed by atoms with E-state index in [9.17, 15) is 24.3 Å². The van der Waals surface area contributed by atoms with E-state index >= 15 is 0 Å². The van der Waals surface area contributed by atoms with Gasteiger partial charge >= 0.3 is 11.7 Å². The monoisotopic (exact) mass is 345 g/mol. The highest BCUT2D eigenvalue weighted by Crippen LogP contribution is 2.33. The largest absolute Gasteiger partial charge is 0.480 e. The van der Waals surface area contributed by atoms with E-state index < -0.39 is 29.2 Å². The van der Waals surface area contributed by atoms with Crippen molar-refractivity contribution >= 4 is 22.8 Å². The Kier molecular flexibility index (Phi) is 4.69. The zero-order chi connectivity index (χ0) is 18.0. The van der Waals surface area contributed by atoms with E-state index in [4.69, 9.17) is 0 Å². The number of nitrogens with one attached hydrogen (secondary N) is 2. The van der Waals surface area contributed by atoms with Gasteiger partial charge in [-0.3, -0.25) is 19.1 Å². The van der Waals surface area contributed by atoms with Gasteiger partial charge in [0.25, 0.3) is 5.56 Å². The third-order valence-corrected chi connectivity index (χ3v) is 4.37. The van der Waals surface area contributed by atoms with Gasteiger partial charge in [-0.2, -0.15) is 0 Å². The maximum Gasteiger partial charge on any atom is 0.328 e. The molecular formula is C17H19N3O5. The van der Waals surface area contributed by atoms with Crippen molar-refractivity contribution in [2.45, 2.75) is 38.3 Å². The number of carboxylic acid groups (broad SMARTS) is 1. The Labute approximate surface area is 142 Å². The summed E-state index contributed by atoms with van der Waals surface area (Å²) < 4.78 is 1.31. The molecule has 8 heteroatoms. The molecular weight excluding hydrogens is 326 g/mol. The number of benzene rings is 1. The number of carbonyl (C=O) groups excluding carboxylic acids is 1. The Balaban J connectivity index is 1.72. The number of nitrogens with zero attached hydrogens (tertiary/aromatic N) is 1. The highest BCUT2D eigenvalue weighted by molar-refractivity contribution is 5.83. The molecule has 1 heterocycles. The van der Waals surface area contributed by atoms with E-state index in [0.717, 1.165) is 12.8 Å². The highest BCUT2D eigenvalue weighted by atomic mass is 16.4. The third-order valence-electron chi connectivity index (χ3n) is 4.37. The summed E-state index contributed by atoms with van der Waals surface area (Å²) in [4.78, 5) is 49.4. The van der Waals surface area contributed by atoms with Crippen molar-refractivity contribution in [3.8, 4) is 0 Å². The molecule has 1 aromatic carbocycles. The summed E-state index contributed by atoms with van der Waals surface area (Å²) in [6, 6.07) is 5.73. The normalized spacial score (nSPS) is 15.0. The molecule has 0 bridgehead atoms. The highest BCUT2D eigenvalue weighted by Gasteiger charge is 2.30. The smallest absolute Gasteiger partial charge is 0.328 e. The number of aromatic nitrogens is 2.